The van der Waals surface area contributed by atoms with Gasteiger partial charge in [-0.15, -0.1) is 0 Å². The third-order valence-corrected chi connectivity index (χ3v) is 4.03. The Bertz CT molecular complexity index is 906. The lowest BCUT2D eigenvalue weighted by atomic mass is 10.2. The lowest BCUT2D eigenvalue weighted by Gasteiger charge is -2.22. The van der Waals surface area contributed by atoms with E-state index >= 15 is 0 Å². The van der Waals surface area contributed by atoms with Crippen LogP contribution in [0, 0.1) is 0 Å². The first-order valence-corrected chi connectivity index (χ1v) is 8.09. The van der Waals surface area contributed by atoms with Crippen LogP contribution in [-0.2, 0) is 0 Å². The number of rotatable bonds is 0. The van der Waals surface area contributed by atoms with Crippen LogP contribution in [0.15, 0.2) is 36.4 Å². The first-order chi connectivity index (χ1) is 13.2. The van der Waals surface area contributed by atoms with Crippen LogP contribution >= 0.6 is 0 Å². The summed E-state index contributed by atoms with van der Waals surface area (Å²) < 4.78 is 11.3. The molecule has 10 nitrogen and oxygen atoms in total. The van der Waals surface area contributed by atoms with Crippen LogP contribution < -0.4 is 55.3 Å². The van der Waals surface area contributed by atoms with E-state index in [1.807, 2.05) is 0 Å². The normalized spacial score (nSPS) is 11.1. The summed E-state index contributed by atoms with van der Waals surface area (Å²) in [5.74, 6) is 1.99. The number of anilines is 8. The molecule has 0 bridgehead atoms. The van der Waals surface area contributed by atoms with Crippen molar-refractivity contribution in [3.63, 3.8) is 0 Å². The maximum atomic E-state index is 5.71. The Hall–Kier alpha value is -4.34. The highest BCUT2D eigenvalue weighted by Gasteiger charge is 2.21. The minimum atomic E-state index is 0.434. The van der Waals surface area contributed by atoms with Gasteiger partial charge in [-0.1, -0.05) is 0 Å². The molecule has 3 aromatic rings. The van der Waals surface area contributed by atoms with Crippen molar-refractivity contribution in [1.29, 1.82) is 0 Å². The molecule has 0 amide bonds. The van der Waals surface area contributed by atoms with Crippen molar-refractivity contribution in [2.45, 2.75) is 0 Å². The van der Waals surface area contributed by atoms with E-state index in [1.54, 1.807) is 36.4 Å². The van der Waals surface area contributed by atoms with E-state index < -0.39 is 0 Å². The monoisotopic (exact) mass is 382 g/mol. The molecule has 1 heterocycles. The lowest BCUT2D eigenvalue weighted by molar-refractivity contribution is 0.360. The van der Waals surface area contributed by atoms with Gasteiger partial charge in [0, 0.05) is 24.3 Å². The minimum absolute atomic E-state index is 0.434. The van der Waals surface area contributed by atoms with Gasteiger partial charge in [0.05, 0.1) is 45.5 Å². The molecule has 0 aliphatic carbocycles. The minimum Gasteiger partial charge on any atom is -0.449 e. The van der Waals surface area contributed by atoms with Crippen LogP contribution in [0.5, 0.6) is 23.0 Å². The van der Waals surface area contributed by atoms with Crippen molar-refractivity contribution in [3.8, 4) is 23.0 Å². The van der Waals surface area contributed by atoms with Gasteiger partial charge in [0.2, 0.25) is 0 Å². The summed E-state index contributed by atoms with van der Waals surface area (Å²) in [5.41, 5.74) is 48.2. The SMILES string of the molecule is Nc1cc(N)c(N)cc1N.Nc1cc2c(cc1N)Oc1cc(N)c(N)cc1O2. The number of hydrogen-bond donors (Lipinski definition) is 8. The summed E-state index contributed by atoms with van der Waals surface area (Å²) in [7, 11) is 0. The number of nitrogens with two attached hydrogens (primary N) is 8. The summed E-state index contributed by atoms with van der Waals surface area (Å²) in [6, 6.07) is 9.54. The second-order valence-corrected chi connectivity index (χ2v) is 6.17. The van der Waals surface area contributed by atoms with E-state index in [4.69, 9.17) is 55.3 Å². The summed E-state index contributed by atoms with van der Waals surface area (Å²) in [6.45, 7) is 0. The van der Waals surface area contributed by atoms with Gasteiger partial charge in [0.1, 0.15) is 0 Å². The van der Waals surface area contributed by atoms with Crippen LogP contribution in [0.4, 0.5) is 45.5 Å². The van der Waals surface area contributed by atoms with E-state index in [9.17, 15) is 0 Å². The van der Waals surface area contributed by atoms with Crippen molar-refractivity contribution in [2.75, 3.05) is 45.9 Å². The van der Waals surface area contributed by atoms with E-state index in [0.29, 0.717) is 68.5 Å². The average Bonchev–Trinajstić information content (AvgIpc) is 2.62. The molecule has 0 aromatic heterocycles. The van der Waals surface area contributed by atoms with Crippen molar-refractivity contribution in [1.82, 2.24) is 0 Å². The molecular weight excluding hydrogens is 360 g/mol. The third-order valence-electron chi connectivity index (χ3n) is 4.03. The van der Waals surface area contributed by atoms with Gasteiger partial charge in [-0.25, -0.2) is 0 Å². The topological polar surface area (TPSA) is 227 Å². The number of nitrogen functional groups attached to an aromatic ring is 8. The first kappa shape index (κ1) is 18.5. The average molecular weight is 382 g/mol. The van der Waals surface area contributed by atoms with E-state index in [1.165, 1.54) is 0 Å². The van der Waals surface area contributed by atoms with E-state index in [-0.39, 0.29) is 0 Å². The zero-order chi connectivity index (χ0) is 20.6. The molecule has 10 heteroatoms. The van der Waals surface area contributed by atoms with Gasteiger partial charge < -0.3 is 55.3 Å². The fraction of sp³-hybridized carbons (Fsp3) is 0. The molecule has 0 saturated heterocycles. The summed E-state index contributed by atoms with van der Waals surface area (Å²) in [4.78, 5) is 0. The Morgan fingerprint density at radius 2 is 0.500 bits per heavy atom. The molecular formula is C18H22N8O2. The Balaban J connectivity index is 0.000000192. The number of fused-ring (bicyclic) bond motifs is 2. The zero-order valence-electron chi connectivity index (χ0n) is 14.9. The van der Waals surface area contributed by atoms with Gasteiger partial charge in [-0.2, -0.15) is 0 Å². The fourth-order valence-corrected chi connectivity index (χ4v) is 2.41. The van der Waals surface area contributed by atoms with Crippen molar-refractivity contribution in [2.24, 2.45) is 0 Å². The predicted octanol–water partition coefficient (Wildman–Crippen LogP) is 1.93. The van der Waals surface area contributed by atoms with Gasteiger partial charge in [0.15, 0.2) is 23.0 Å². The Morgan fingerprint density at radius 3 is 0.714 bits per heavy atom. The third kappa shape index (κ3) is 3.46. The number of benzene rings is 3. The molecule has 0 spiro atoms. The molecule has 3 aromatic carbocycles. The van der Waals surface area contributed by atoms with Gasteiger partial charge >= 0.3 is 0 Å². The van der Waals surface area contributed by atoms with Crippen LogP contribution in [-0.4, -0.2) is 0 Å². The second-order valence-electron chi connectivity index (χ2n) is 6.17. The molecule has 146 valence electrons. The Morgan fingerprint density at radius 1 is 0.321 bits per heavy atom. The smallest absolute Gasteiger partial charge is 0.172 e. The molecule has 0 fully saturated rings. The van der Waals surface area contributed by atoms with Crippen molar-refractivity contribution in [3.05, 3.63) is 36.4 Å². The molecule has 0 atom stereocenters. The van der Waals surface area contributed by atoms with Crippen LogP contribution in [0.2, 0.25) is 0 Å². The highest BCUT2D eigenvalue weighted by molar-refractivity contribution is 5.78. The standard InChI is InChI=1S/C12H12N4O2.C6H10N4/c13-5-1-9-10(2-6(5)14)18-12-4-8(16)7(15)3-11(12)17-9;7-3-1-4(8)6(10)2-5(3)9/h1-4H,13-16H2;1-2H,7-10H2. The van der Waals surface area contributed by atoms with E-state index in [0.717, 1.165) is 0 Å². The largest absolute Gasteiger partial charge is 0.449 e. The lowest BCUT2D eigenvalue weighted by Crippen LogP contribution is -2.04. The summed E-state index contributed by atoms with van der Waals surface area (Å²) in [5, 5.41) is 0. The zero-order valence-corrected chi connectivity index (χ0v) is 14.9. The summed E-state index contributed by atoms with van der Waals surface area (Å²) in [6.07, 6.45) is 0. The highest BCUT2D eigenvalue weighted by Crippen LogP contribution is 2.48. The molecule has 0 saturated carbocycles. The Kier molecular flexibility index (Phi) is 4.45. The number of hydrogen-bond acceptors (Lipinski definition) is 10. The van der Waals surface area contributed by atoms with Crippen LogP contribution in [0.25, 0.3) is 0 Å². The molecule has 0 radical (unpaired) electrons. The van der Waals surface area contributed by atoms with Crippen molar-refractivity contribution >= 4 is 45.5 Å². The Labute approximate surface area is 160 Å². The van der Waals surface area contributed by atoms with Gasteiger partial charge in [-0.05, 0) is 12.1 Å². The molecule has 28 heavy (non-hydrogen) atoms. The molecule has 1 aliphatic rings. The van der Waals surface area contributed by atoms with Gasteiger partial charge in [-0.3, -0.25) is 0 Å². The predicted molar refractivity (Wildman–Crippen MR) is 115 cm³/mol. The van der Waals surface area contributed by atoms with Gasteiger partial charge in [0.25, 0.3) is 0 Å². The molecule has 16 N–H and O–H groups in total. The van der Waals surface area contributed by atoms with Crippen LogP contribution in [0.3, 0.4) is 0 Å². The molecule has 1 aliphatic heterocycles. The molecule has 0 unspecified atom stereocenters. The number of ether oxygens (including phenoxy) is 2. The first-order valence-electron chi connectivity index (χ1n) is 8.09. The fourth-order valence-electron chi connectivity index (χ4n) is 2.41. The second kappa shape index (κ2) is 6.76. The van der Waals surface area contributed by atoms with E-state index in [2.05, 4.69) is 0 Å². The van der Waals surface area contributed by atoms with Crippen LogP contribution in [0.1, 0.15) is 0 Å². The van der Waals surface area contributed by atoms with Crippen molar-refractivity contribution < 1.29 is 9.47 Å². The quantitative estimate of drug-likeness (QED) is 0.206. The molecule has 4 rings (SSSR count). The maximum absolute atomic E-state index is 5.71. The summed E-state index contributed by atoms with van der Waals surface area (Å²) >= 11 is 0. The maximum Gasteiger partial charge on any atom is 0.172 e. The highest BCUT2D eigenvalue weighted by atomic mass is 16.6.